The molecular weight excluding hydrogens is 248 g/mol. The number of nitrogen functional groups attached to an aromatic ring is 1. The highest BCUT2D eigenvalue weighted by molar-refractivity contribution is 7.94. The van der Waals surface area contributed by atoms with Crippen LogP contribution in [0.15, 0.2) is 29.7 Å². The summed E-state index contributed by atoms with van der Waals surface area (Å²) < 4.78 is 22.4. The molecule has 0 spiro atoms. The van der Waals surface area contributed by atoms with Gasteiger partial charge in [0.05, 0.1) is 23.2 Å². The lowest BCUT2D eigenvalue weighted by molar-refractivity contribution is 0.605. The molecule has 0 fully saturated rings. The van der Waals surface area contributed by atoms with Gasteiger partial charge in [0.1, 0.15) is 0 Å². The number of nitrogens with two attached hydrogens (primary N) is 1. The Kier molecular flexibility index (Phi) is 2.82. The zero-order chi connectivity index (χ0) is 11.8. The van der Waals surface area contributed by atoms with E-state index in [1.807, 2.05) is 0 Å². The lowest BCUT2D eigenvalue weighted by Gasteiger charge is -2.13. The molecule has 2 rings (SSSR count). The van der Waals surface area contributed by atoms with Crippen LogP contribution in [0.5, 0.6) is 0 Å². The lowest BCUT2D eigenvalue weighted by atomic mass is 10.2. The van der Waals surface area contributed by atoms with Gasteiger partial charge >= 0.3 is 0 Å². The minimum absolute atomic E-state index is 0.0646. The molecule has 0 aromatic heterocycles. The van der Waals surface area contributed by atoms with Crippen LogP contribution in [-0.4, -0.2) is 20.2 Å². The lowest BCUT2D eigenvalue weighted by Crippen LogP contribution is -2.21. The Morgan fingerprint density at radius 2 is 2.19 bits per heavy atom. The van der Waals surface area contributed by atoms with E-state index in [0.29, 0.717) is 16.4 Å². The van der Waals surface area contributed by atoms with E-state index in [1.165, 1.54) is 5.41 Å². The number of benzene rings is 1. The van der Waals surface area contributed by atoms with Crippen LogP contribution in [0.25, 0.3) is 0 Å². The highest BCUT2D eigenvalue weighted by atomic mass is 35.5. The molecule has 4 nitrogen and oxygen atoms in total. The monoisotopic (exact) mass is 258 g/mol. The summed E-state index contributed by atoms with van der Waals surface area (Å²) in [6.45, 7) is 0. The van der Waals surface area contributed by atoms with Crippen LogP contribution in [-0.2, 0) is 9.84 Å². The fourth-order valence-corrected chi connectivity index (χ4v) is 2.95. The van der Waals surface area contributed by atoms with Gasteiger partial charge in [0.2, 0.25) is 0 Å². The minimum Gasteiger partial charge on any atom is -0.397 e. The standard InChI is InChI=1S/C10H11ClN2O2S/c11-7-1-2-10(9(12)5-7)13-8-3-4-16(14,15)6-8/h1-5,8,13H,6,12H2. The van der Waals surface area contributed by atoms with Crippen molar-refractivity contribution in [3.63, 3.8) is 0 Å². The van der Waals surface area contributed by atoms with Crippen molar-refractivity contribution >= 4 is 32.8 Å². The Morgan fingerprint density at radius 3 is 2.75 bits per heavy atom. The van der Waals surface area contributed by atoms with Crippen molar-refractivity contribution in [3.8, 4) is 0 Å². The van der Waals surface area contributed by atoms with E-state index in [-0.39, 0.29) is 11.8 Å². The van der Waals surface area contributed by atoms with Gasteiger partial charge in [0.15, 0.2) is 9.84 Å². The summed E-state index contributed by atoms with van der Waals surface area (Å²) in [6.07, 6.45) is 1.61. The van der Waals surface area contributed by atoms with Crippen molar-refractivity contribution < 1.29 is 8.42 Å². The molecule has 0 radical (unpaired) electrons. The van der Waals surface area contributed by atoms with Crippen LogP contribution in [0, 0.1) is 0 Å². The van der Waals surface area contributed by atoms with Gasteiger partial charge in [-0.1, -0.05) is 17.7 Å². The van der Waals surface area contributed by atoms with E-state index in [9.17, 15) is 8.42 Å². The maximum absolute atomic E-state index is 11.2. The Morgan fingerprint density at radius 1 is 1.44 bits per heavy atom. The predicted octanol–water partition coefficient (Wildman–Crippen LogP) is 1.64. The molecule has 0 bridgehead atoms. The average Bonchev–Trinajstić information content (AvgIpc) is 2.51. The summed E-state index contributed by atoms with van der Waals surface area (Å²) in [5.74, 6) is 0.0646. The van der Waals surface area contributed by atoms with Gasteiger partial charge < -0.3 is 11.1 Å². The number of anilines is 2. The van der Waals surface area contributed by atoms with Crippen LogP contribution < -0.4 is 11.1 Å². The van der Waals surface area contributed by atoms with Crippen molar-refractivity contribution in [3.05, 3.63) is 34.7 Å². The molecule has 0 saturated carbocycles. The highest BCUT2D eigenvalue weighted by Crippen LogP contribution is 2.24. The molecule has 1 unspecified atom stereocenters. The number of hydrogen-bond donors (Lipinski definition) is 2. The molecule has 6 heteroatoms. The second-order valence-corrected chi connectivity index (χ2v) is 6.01. The first-order valence-corrected chi connectivity index (χ1v) is 6.78. The third kappa shape index (κ3) is 2.48. The van der Waals surface area contributed by atoms with E-state index in [2.05, 4.69) is 5.32 Å². The molecule has 0 aliphatic carbocycles. The highest BCUT2D eigenvalue weighted by Gasteiger charge is 2.21. The topological polar surface area (TPSA) is 72.2 Å². The summed E-state index contributed by atoms with van der Waals surface area (Å²) in [4.78, 5) is 0. The molecule has 0 amide bonds. The largest absolute Gasteiger partial charge is 0.397 e. The van der Waals surface area contributed by atoms with Crippen molar-refractivity contribution in [2.45, 2.75) is 6.04 Å². The van der Waals surface area contributed by atoms with E-state index < -0.39 is 9.84 Å². The van der Waals surface area contributed by atoms with Crippen LogP contribution >= 0.6 is 11.6 Å². The smallest absolute Gasteiger partial charge is 0.173 e. The van der Waals surface area contributed by atoms with E-state index in [4.69, 9.17) is 17.3 Å². The number of nitrogens with one attached hydrogen (secondary N) is 1. The number of rotatable bonds is 2. The molecule has 1 atom stereocenters. The maximum Gasteiger partial charge on any atom is 0.173 e. The zero-order valence-electron chi connectivity index (χ0n) is 8.35. The van der Waals surface area contributed by atoms with Gasteiger partial charge in [-0.2, -0.15) is 0 Å². The zero-order valence-corrected chi connectivity index (χ0v) is 9.92. The second kappa shape index (κ2) is 3.99. The number of sulfone groups is 1. The van der Waals surface area contributed by atoms with Gasteiger partial charge in [-0.3, -0.25) is 0 Å². The predicted molar refractivity (Wildman–Crippen MR) is 66.2 cm³/mol. The van der Waals surface area contributed by atoms with Crippen LogP contribution in [0.1, 0.15) is 0 Å². The van der Waals surface area contributed by atoms with E-state index in [0.717, 1.165) is 0 Å². The first-order valence-electron chi connectivity index (χ1n) is 4.69. The van der Waals surface area contributed by atoms with Crippen molar-refractivity contribution in [1.82, 2.24) is 0 Å². The molecule has 1 aliphatic heterocycles. The van der Waals surface area contributed by atoms with Crippen molar-refractivity contribution in [2.75, 3.05) is 16.8 Å². The molecule has 16 heavy (non-hydrogen) atoms. The van der Waals surface area contributed by atoms with Gasteiger partial charge in [0.25, 0.3) is 0 Å². The Bertz CT molecular complexity index is 540. The summed E-state index contributed by atoms with van der Waals surface area (Å²) in [6, 6.07) is 4.83. The van der Waals surface area contributed by atoms with Gasteiger partial charge in [-0.15, -0.1) is 0 Å². The summed E-state index contributed by atoms with van der Waals surface area (Å²) in [7, 11) is -3.05. The molecule has 0 saturated heterocycles. The molecule has 1 aromatic rings. The first kappa shape index (κ1) is 11.3. The van der Waals surface area contributed by atoms with Gasteiger partial charge in [-0.25, -0.2) is 8.42 Å². The first-order chi connectivity index (χ1) is 7.46. The summed E-state index contributed by atoms with van der Waals surface area (Å²) >= 11 is 5.76. The quantitative estimate of drug-likeness (QED) is 0.791. The Hall–Kier alpha value is -1.20. The minimum atomic E-state index is -3.05. The van der Waals surface area contributed by atoms with E-state index in [1.54, 1.807) is 24.3 Å². The third-order valence-corrected chi connectivity index (χ3v) is 3.92. The number of halogens is 1. The van der Waals surface area contributed by atoms with Crippen LogP contribution in [0.4, 0.5) is 11.4 Å². The van der Waals surface area contributed by atoms with Crippen LogP contribution in [0.3, 0.4) is 0 Å². The molecule has 3 N–H and O–H groups in total. The molecule has 1 aromatic carbocycles. The summed E-state index contributed by atoms with van der Waals surface area (Å²) in [5, 5.41) is 4.81. The normalized spacial score (nSPS) is 22.2. The number of hydrogen-bond acceptors (Lipinski definition) is 4. The van der Waals surface area contributed by atoms with Gasteiger partial charge in [-0.05, 0) is 18.2 Å². The SMILES string of the molecule is Nc1cc(Cl)ccc1NC1C=CS(=O)(=O)C1. The fourth-order valence-electron chi connectivity index (χ4n) is 1.53. The van der Waals surface area contributed by atoms with Crippen molar-refractivity contribution in [1.29, 1.82) is 0 Å². The summed E-state index contributed by atoms with van der Waals surface area (Å²) in [5.41, 5.74) is 6.94. The van der Waals surface area contributed by atoms with Crippen molar-refractivity contribution in [2.24, 2.45) is 0 Å². The van der Waals surface area contributed by atoms with Gasteiger partial charge in [0, 0.05) is 10.4 Å². The Labute approximate surface area is 99.0 Å². The molecule has 1 aliphatic rings. The van der Waals surface area contributed by atoms with E-state index >= 15 is 0 Å². The maximum atomic E-state index is 11.2. The molecule has 86 valence electrons. The average molecular weight is 259 g/mol. The Balaban J connectivity index is 2.14. The van der Waals surface area contributed by atoms with Crippen LogP contribution in [0.2, 0.25) is 5.02 Å². The molecule has 1 heterocycles. The second-order valence-electron chi connectivity index (χ2n) is 3.64. The molecular formula is C10H11ClN2O2S. The third-order valence-electron chi connectivity index (χ3n) is 2.28. The fraction of sp³-hybridized carbons (Fsp3) is 0.200.